The summed E-state index contributed by atoms with van der Waals surface area (Å²) >= 11 is 1.33. The fourth-order valence-corrected chi connectivity index (χ4v) is 3.37. The number of esters is 1. The van der Waals surface area contributed by atoms with E-state index in [4.69, 9.17) is 9.47 Å². The smallest absolute Gasteiger partial charge is 0.341 e. The number of hydrogen-bond acceptors (Lipinski definition) is 5. The lowest BCUT2D eigenvalue weighted by atomic mass is 10.1. The molecule has 1 N–H and O–H groups in total. The third-order valence-electron chi connectivity index (χ3n) is 3.35. The number of hydrogen-bond donors (Lipinski definition) is 1. The van der Waals surface area contributed by atoms with E-state index in [1.165, 1.54) is 18.4 Å². The molecule has 1 aromatic heterocycles. The van der Waals surface area contributed by atoms with Gasteiger partial charge >= 0.3 is 5.97 Å². The van der Waals surface area contributed by atoms with Crippen LogP contribution in [-0.2, 0) is 9.53 Å². The Morgan fingerprint density at radius 1 is 1.04 bits per heavy atom. The summed E-state index contributed by atoms with van der Waals surface area (Å²) in [6.45, 7) is -0.140. The van der Waals surface area contributed by atoms with Crippen LogP contribution in [0.5, 0.6) is 5.75 Å². The maximum Gasteiger partial charge on any atom is 0.341 e. The first kappa shape index (κ1) is 16.0. The van der Waals surface area contributed by atoms with Crippen molar-refractivity contribution >= 4 is 38.3 Å². The first-order valence-electron chi connectivity index (χ1n) is 7.26. The van der Waals surface area contributed by atoms with Crippen molar-refractivity contribution in [3.8, 4) is 5.75 Å². The lowest BCUT2D eigenvalue weighted by Gasteiger charge is -2.07. The predicted molar refractivity (Wildman–Crippen MR) is 93.7 cm³/mol. The van der Waals surface area contributed by atoms with Crippen molar-refractivity contribution in [2.24, 2.45) is 0 Å². The van der Waals surface area contributed by atoms with Crippen LogP contribution in [0.25, 0.3) is 10.1 Å². The second-order valence-electron chi connectivity index (χ2n) is 4.94. The molecule has 122 valence electrons. The van der Waals surface area contributed by atoms with Crippen LogP contribution in [-0.4, -0.2) is 25.6 Å². The SMILES string of the molecule is COC(=O)c1c(NC(=O)COc2ccccc2)sc2ccccc12. The molecular formula is C18H15NO4S. The van der Waals surface area contributed by atoms with Gasteiger partial charge in [-0.3, -0.25) is 4.79 Å². The summed E-state index contributed by atoms with van der Waals surface area (Å²) in [5.74, 6) is -0.209. The van der Waals surface area contributed by atoms with Gasteiger partial charge in [0.05, 0.1) is 7.11 Å². The molecule has 6 heteroatoms. The average molecular weight is 341 g/mol. The Balaban J connectivity index is 1.79. The second-order valence-corrected chi connectivity index (χ2v) is 6.00. The molecule has 1 amide bonds. The Morgan fingerprint density at radius 2 is 1.75 bits per heavy atom. The third kappa shape index (κ3) is 3.38. The molecule has 0 saturated heterocycles. The summed E-state index contributed by atoms with van der Waals surface area (Å²) in [4.78, 5) is 24.2. The number of fused-ring (bicyclic) bond motifs is 1. The highest BCUT2D eigenvalue weighted by molar-refractivity contribution is 7.23. The van der Waals surface area contributed by atoms with Gasteiger partial charge in [0.15, 0.2) is 6.61 Å². The molecule has 1 heterocycles. The normalized spacial score (nSPS) is 10.4. The zero-order chi connectivity index (χ0) is 16.9. The fourth-order valence-electron chi connectivity index (χ4n) is 2.27. The molecule has 0 aliphatic heterocycles. The molecule has 0 spiro atoms. The van der Waals surface area contributed by atoms with Crippen molar-refractivity contribution in [3.05, 3.63) is 60.2 Å². The molecule has 3 rings (SSSR count). The van der Waals surface area contributed by atoms with E-state index in [1.807, 2.05) is 42.5 Å². The van der Waals surface area contributed by atoms with Gasteiger partial charge in [-0.2, -0.15) is 0 Å². The molecular weight excluding hydrogens is 326 g/mol. The molecule has 0 aliphatic carbocycles. The molecule has 2 aromatic carbocycles. The maximum atomic E-state index is 12.1. The number of carbonyl (C=O) groups is 2. The van der Waals surface area contributed by atoms with Gasteiger partial charge < -0.3 is 14.8 Å². The van der Waals surface area contributed by atoms with Crippen molar-refractivity contribution in [1.29, 1.82) is 0 Å². The monoisotopic (exact) mass is 341 g/mol. The van der Waals surface area contributed by atoms with Gasteiger partial charge in [0.1, 0.15) is 16.3 Å². The highest BCUT2D eigenvalue weighted by Crippen LogP contribution is 2.36. The highest BCUT2D eigenvalue weighted by atomic mass is 32.1. The van der Waals surface area contributed by atoms with E-state index in [0.29, 0.717) is 16.3 Å². The van der Waals surface area contributed by atoms with Crippen LogP contribution < -0.4 is 10.1 Å². The Labute approximate surface area is 142 Å². The highest BCUT2D eigenvalue weighted by Gasteiger charge is 2.21. The maximum absolute atomic E-state index is 12.1. The Hall–Kier alpha value is -2.86. The Bertz CT molecular complexity index is 873. The zero-order valence-electron chi connectivity index (χ0n) is 12.9. The molecule has 0 bridgehead atoms. The van der Waals surface area contributed by atoms with Crippen molar-refractivity contribution in [2.75, 3.05) is 19.0 Å². The summed E-state index contributed by atoms with van der Waals surface area (Å²) in [5.41, 5.74) is 0.367. The standard InChI is InChI=1S/C18H15NO4S/c1-22-18(21)16-13-9-5-6-10-14(13)24-17(16)19-15(20)11-23-12-7-3-2-4-8-12/h2-10H,11H2,1H3,(H,19,20). The Morgan fingerprint density at radius 3 is 2.50 bits per heavy atom. The van der Waals surface area contributed by atoms with Crippen LogP contribution in [0.2, 0.25) is 0 Å². The second kappa shape index (κ2) is 7.14. The summed E-state index contributed by atoms with van der Waals surface area (Å²) in [6.07, 6.45) is 0. The number of nitrogens with one attached hydrogen (secondary N) is 1. The number of para-hydroxylation sites is 1. The number of anilines is 1. The zero-order valence-corrected chi connectivity index (χ0v) is 13.8. The molecule has 0 unspecified atom stereocenters. The summed E-state index contributed by atoms with van der Waals surface area (Å²) in [5, 5.41) is 3.96. The van der Waals surface area contributed by atoms with E-state index >= 15 is 0 Å². The van der Waals surface area contributed by atoms with Crippen LogP contribution in [0, 0.1) is 0 Å². The number of carbonyl (C=O) groups excluding carboxylic acids is 2. The lowest BCUT2D eigenvalue weighted by Crippen LogP contribution is -2.20. The van der Waals surface area contributed by atoms with E-state index in [2.05, 4.69) is 5.32 Å². The van der Waals surface area contributed by atoms with E-state index < -0.39 is 5.97 Å². The fraction of sp³-hybridized carbons (Fsp3) is 0.111. The molecule has 24 heavy (non-hydrogen) atoms. The van der Waals surface area contributed by atoms with E-state index in [0.717, 1.165) is 10.1 Å². The molecule has 0 atom stereocenters. The largest absolute Gasteiger partial charge is 0.484 e. The molecule has 0 fully saturated rings. The van der Waals surface area contributed by atoms with Crippen LogP contribution in [0.3, 0.4) is 0 Å². The van der Waals surface area contributed by atoms with Crippen LogP contribution in [0.4, 0.5) is 5.00 Å². The summed E-state index contributed by atoms with van der Waals surface area (Å²) in [6, 6.07) is 16.5. The molecule has 0 aliphatic rings. The molecule has 0 saturated carbocycles. The average Bonchev–Trinajstić information content (AvgIpc) is 2.98. The van der Waals surface area contributed by atoms with Crippen LogP contribution in [0.15, 0.2) is 54.6 Å². The van der Waals surface area contributed by atoms with Gasteiger partial charge in [-0.25, -0.2) is 4.79 Å². The number of ether oxygens (including phenoxy) is 2. The number of thiophene rings is 1. The van der Waals surface area contributed by atoms with E-state index in [9.17, 15) is 9.59 Å². The number of benzene rings is 2. The minimum Gasteiger partial charge on any atom is -0.484 e. The van der Waals surface area contributed by atoms with Gasteiger partial charge in [-0.15, -0.1) is 11.3 Å². The van der Waals surface area contributed by atoms with Crippen molar-refractivity contribution in [3.63, 3.8) is 0 Å². The first-order chi connectivity index (χ1) is 11.7. The number of rotatable bonds is 5. The van der Waals surface area contributed by atoms with Crippen LogP contribution >= 0.6 is 11.3 Å². The number of amides is 1. The van der Waals surface area contributed by atoms with Gasteiger partial charge in [0.25, 0.3) is 5.91 Å². The van der Waals surface area contributed by atoms with Gasteiger partial charge in [0.2, 0.25) is 0 Å². The summed E-state index contributed by atoms with van der Waals surface area (Å²) < 4.78 is 11.2. The predicted octanol–water partition coefficient (Wildman–Crippen LogP) is 3.71. The minimum absolute atomic E-state index is 0.140. The molecule has 0 radical (unpaired) electrons. The van der Waals surface area contributed by atoms with Gasteiger partial charge in [0, 0.05) is 10.1 Å². The summed E-state index contributed by atoms with van der Waals surface area (Å²) in [7, 11) is 1.32. The van der Waals surface area contributed by atoms with E-state index in [1.54, 1.807) is 12.1 Å². The topological polar surface area (TPSA) is 64.6 Å². The van der Waals surface area contributed by atoms with E-state index in [-0.39, 0.29) is 12.5 Å². The first-order valence-corrected chi connectivity index (χ1v) is 8.08. The number of methoxy groups -OCH3 is 1. The van der Waals surface area contributed by atoms with Crippen molar-refractivity contribution < 1.29 is 19.1 Å². The third-order valence-corrected chi connectivity index (χ3v) is 4.44. The molecule has 3 aromatic rings. The van der Waals surface area contributed by atoms with Crippen molar-refractivity contribution in [2.45, 2.75) is 0 Å². The molecule has 5 nitrogen and oxygen atoms in total. The Kier molecular flexibility index (Phi) is 4.77. The van der Waals surface area contributed by atoms with Gasteiger partial charge in [-0.1, -0.05) is 36.4 Å². The van der Waals surface area contributed by atoms with Crippen molar-refractivity contribution in [1.82, 2.24) is 0 Å². The minimum atomic E-state index is -0.480. The lowest BCUT2D eigenvalue weighted by molar-refractivity contribution is -0.118. The van der Waals surface area contributed by atoms with Gasteiger partial charge in [-0.05, 0) is 18.2 Å². The quantitative estimate of drug-likeness (QED) is 0.719. The van der Waals surface area contributed by atoms with Crippen LogP contribution in [0.1, 0.15) is 10.4 Å².